The van der Waals surface area contributed by atoms with E-state index in [4.69, 9.17) is 4.74 Å². The second-order valence-corrected chi connectivity index (χ2v) is 7.87. The lowest BCUT2D eigenvalue weighted by Crippen LogP contribution is -2.60. The van der Waals surface area contributed by atoms with Gasteiger partial charge in [-0.1, -0.05) is 20.3 Å². The van der Waals surface area contributed by atoms with Gasteiger partial charge in [0.2, 0.25) is 5.91 Å². The summed E-state index contributed by atoms with van der Waals surface area (Å²) in [6.45, 7) is 5.53. The molecule has 9 nitrogen and oxygen atoms in total. The Hall–Kier alpha value is -2.16. The lowest BCUT2D eigenvalue weighted by molar-refractivity contribution is -0.193. The molecule has 0 spiro atoms. The van der Waals surface area contributed by atoms with Crippen molar-refractivity contribution in [3.8, 4) is 0 Å². The second-order valence-electron chi connectivity index (χ2n) is 7.87. The summed E-state index contributed by atoms with van der Waals surface area (Å²) < 4.78 is 5.04. The van der Waals surface area contributed by atoms with E-state index < -0.39 is 30.1 Å². The Balaban J connectivity index is 1.89. The molecule has 9 heteroatoms. The number of carbonyl (C=O) groups is 4. The Bertz CT molecular complexity index is 625. The molecular formula is C19H31N3O6. The molecule has 0 radical (unpaired) electrons. The van der Waals surface area contributed by atoms with Crippen LogP contribution in [-0.4, -0.2) is 60.1 Å². The molecule has 2 amide bonds. The molecule has 1 aliphatic heterocycles. The maximum atomic E-state index is 12.5. The Morgan fingerprint density at radius 1 is 1.25 bits per heavy atom. The van der Waals surface area contributed by atoms with E-state index in [1.54, 1.807) is 14.0 Å². The van der Waals surface area contributed by atoms with Crippen molar-refractivity contribution in [3.63, 3.8) is 0 Å². The molecule has 0 bridgehead atoms. The molecule has 0 aromatic rings. The smallest absolute Gasteiger partial charge is 0.326 e. The number of likely N-dealkylation sites (N-methyl/N-ethyl adjacent to an activating group) is 1. The first-order valence-corrected chi connectivity index (χ1v) is 9.90. The zero-order valence-corrected chi connectivity index (χ0v) is 16.9. The molecule has 0 aromatic heterocycles. The van der Waals surface area contributed by atoms with Crippen LogP contribution in [0.4, 0.5) is 0 Å². The summed E-state index contributed by atoms with van der Waals surface area (Å²) in [7, 11) is 1.62. The van der Waals surface area contributed by atoms with Gasteiger partial charge < -0.3 is 25.8 Å². The van der Waals surface area contributed by atoms with Crippen LogP contribution in [0.25, 0.3) is 0 Å². The van der Waals surface area contributed by atoms with E-state index in [1.165, 1.54) is 0 Å². The first kappa shape index (κ1) is 22.1. The van der Waals surface area contributed by atoms with Gasteiger partial charge in [0.05, 0.1) is 6.04 Å². The summed E-state index contributed by atoms with van der Waals surface area (Å²) in [6.07, 6.45) is 1.75. The number of esters is 1. The van der Waals surface area contributed by atoms with Gasteiger partial charge in [0.25, 0.3) is 5.91 Å². The van der Waals surface area contributed by atoms with Crippen molar-refractivity contribution in [3.05, 3.63) is 0 Å². The van der Waals surface area contributed by atoms with Gasteiger partial charge >= 0.3 is 11.9 Å². The quantitative estimate of drug-likeness (QED) is 0.382. The van der Waals surface area contributed by atoms with Crippen molar-refractivity contribution in [2.75, 3.05) is 7.05 Å². The van der Waals surface area contributed by atoms with Gasteiger partial charge in [-0.3, -0.25) is 14.4 Å². The van der Waals surface area contributed by atoms with E-state index in [1.807, 2.05) is 13.8 Å². The summed E-state index contributed by atoms with van der Waals surface area (Å²) >= 11 is 0. The third-order valence-corrected chi connectivity index (χ3v) is 6.08. The molecule has 7 atom stereocenters. The highest BCUT2D eigenvalue weighted by atomic mass is 16.6. The largest absolute Gasteiger partial charge is 0.480 e. The molecule has 2 fully saturated rings. The first-order valence-electron chi connectivity index (χ1n) is 9.90. The first-order chi connectivity index (χ1) is 13.2. The second kappa shape index (κ2) is 9.36. The maximum absolute atomic E-state index is 12.5. The van der Waals surface area contributed by atoms with Crippen molar-refractivity contribution < 1.29 is 29.0 Å². The number of cyclic esters (lactones) is 1. The van der Waals surface area contributed by atoms with Crippen molar-refractivity contribution in [2.24, 2.45) is 17.8 Å². The number of hydrogen-bond donors (Lipinski definition) is 4. The standard InChI is InChI=1S/C19H31N3O6/c1-5-9(2)14-15(28-19(14)27)17(24)21-12-7-6-11(12)8-13(18(25)26)22-16(23)10(3)20-4/h9-15,20H,5-8H2,1-4H3,(H,21,24)(H,22,23)(H,25,26)/t9-,10-,11+,12-,13-,14-,15+/m0/s1. The molecule has 1 saturated heterocycles. The van der Waals surface area contributed by atoms with Crippen molar-refractivity contribution in [2.45, 2.75) is 70.7 Å². The zero-order chi connectivity index (χ0) is 21.0. The van der Waals surface area contributed by atoms with Gasteiger partial charge in [-0.2, -0.15) is 0 Å². The van der Waals surface area contributed by atoms with E-state index in [2.05, 4.69) is 16.0 Å². The number of aliphatic carboxylic acids is 1. The highest BCUT2D eigenvalue weighted by Crippen LogP contribution is 2.34. The predicted molar refractivity (Wildman–Crippen MR) is 100 cm³/mol. The van der Waals surface area contributed by atoms with Gasteiger partial charge in [0, 0.05) is 6.04 Å². The van der Waals surface area contributed by atoms with E-state index in [-0.39, 0.29) is 42.1 Å². The lowest BCUT2D eigenvalue weighted by atomic mass is 9.75. The van der Waals surface area contributed by atoms with Crippen molar-refractivity contribution in [1.29, 1.82) is 0 Å². The van der Waals surface area contributed by atoms with Crippen LogP contribution < -0.4 is 16.0 Å². The van der Waals surface area contributed by atoms with E-state index >= 15 is 0 Å². The summed E-state index contributed by atoms with van der Waals surface area (Å²) in [5.74, 6) is -2.54. The van der Waals surface area contributed by atoms with Gasteiger partial charge in [0.15, 0.2) is 6.10 Å². The third-order valence-electron chi connectivity index (χ3n) is 6.08. The van der Waals surface area contributed by atoms with E-state index in [0.29, 0.717) is 0 Å². The minimum Gasteiger partial charge on any atom is -0.480 e. The molecule has 28 heavy (non-hydrogen) atoms. The highest BCUT2D eigenvalue weighted by molar-refractivity contribution is 5.94. The molecule has 2 rings (SSSR count). The van der Waals surface area contributed by atoms with Crippen LogP contribution in [0.5, 0.6) is 0 Å². The summed E-state index contributed by atoms with van der Waals surface area (Å²) in [5.41, 5.74) is 0. The minimum absolute atomic E-state index is 0.0481. The molecule has 158 valence electrons. The fourth-order valence-corrected chi connectivity index (χ4v) is 3.59. The summed E-state index contributed by atoms with van der Waals surface area (Å²) in [4.78, 5) is 47.7. The third kappa shape index (κ3) is 4.81. The molecule has 0 aromatic carbocycles. The Morgan fingerprint density at radius 2 is 1.93 bits per heavy atom. The topological polar surface area (TPSA) is 134 Å². The highest BCUT2D eigenvalue weighted by Gasteiger charge is 2.50. The number of ether oxygens (including phenoxy) is 1. The van der Waals surface area contributed by atoms with E-state index in [9.17, 15) is 24.3 Å². The van der Waals surface area contributed by atoms with E-state index in [0.717, 1.165) is 19.3 Å². The van der Waals surface area contributed by atoms with Crippen LogP contribution in [0.1, 0.15) is 46.5 Å². The SMILES string of the molecule is CC[C@H](C)[C@@H]1C(=O)O[C@H]1C(=O)N[C@H]1CC[C@@H]1C[C@H](NC(=O)[C@H](C)NC)C(=O)O. The van der Waals surface area contributed by atoms with Crippen molar-refractivity contribution >= 4 is 23.8 Å². The maximum Gasteiger partial charge on any atom is 0.326 e. The Labute approximate surface area is 165 Å². The number of nitrogens with one attached hydrogen (secondary N) is 3. The van der Waals surface area contributed by atoms with Gasteiger partial charge in [-0.15, -0.1) is 0 Å². The van der Waals surface area contributed by atoms with Crippen LogP contribution in [0.2, 0.25) is 0 Å². The molecule has 1 aliphatic carbocycles. The average molecular weight is 397 g/mol. The molecule has 2 aliphatic rings. The monoisotopic (exact) mass is 397 g/mol. The van der Waals surface area contributed by atoms with Gasteiger partial charge in [-0.25, -0.2) is 4.79 Å². The van der Waals surface area contributed by atoms with Crippen LogP contribution in [-0.2, 0) is 23.9 Å². The summed E-state index contributed by atoms with van der Waals surface area (Å²) in [6, 6.07) is -1.68. The lowest BCUT2D eigenvalue weighted by Gasteiger charge is -2.42. The number of carboxylic acids is 1. The number of hydrogen-bond acceptors (Lipinski definition) is 6. The molecule has 1 saturated carbocycles. The fraction of sp³-hybridized carbons (Fsp3) is 0.789. The molecule has 1 heterocycles. The van der Waals surface area contributed by atoms with Crippen LogP contribution in [0.15, 0.2) is 0 Å². The van der Waals surface area contributed by atoms with Crippen LogP contribution in [0, 0.1) is 17.8 Å². The zero-order valence-electron chi connectivity index (χ0n) is 16.9. The van der Waals surface area contributed by atoms with Gasteiger partial charge in [-0.05, 0) is 45.1 Å². The Kier molecular flexibility index (Phi) is 7.40. The summed E-state index contributed by atoms with van der Waals surface area (Å²) in [5, 5.41) is 17.6. The normalized spacial score (nSPS) is 29.4. The number of carbonyl (C=O) groups excluding carboxylic acids is 3. The van der Waals surface area contributed by atoms with Gasteiger partial charge in [0.1, 0.15) is 12.0 Å². The Morgan fingerprint density at radius 3 is 2.39 bits per heavy atom. The predicted octanol–water partition coefficient (Wildman–Crippen LogP) is 0.0363. The fourth-order valence-electron chi connectivity index (χ4n) is 3.59. The van der Waals surface area contributed by atoms with Crippen LogP contribution in [0.3, 0.4) is 0 Å². The average Bonchev–Trinajstić information content (AvgIpc) is 2.64. The molecular weight excluding hydrogens is 366 g/mol. The number of amides is 2. The molecule has 4 N–H and O–H groups in total. The molecule has 0 unspecified atom stereocenters. The van der Waals surface area contributed by atoms with Crippen molar-refractivity contribution in [1.82, 2.24) is 16.0 Å². The van der Waals surface area contributed by atoms with Crippen LogP contribution >= 0.6 is 0 Å². The minimum atomic E-state index is -1.10. The number of carboxylic acid groups (broad SMARTS) is 1. The number of rotatable bonds is 10.